The number of urea groups is 1. The van der Waals surface area contributed by atoms with Gasteiger partial charge in [0, 0.05) is 13.1 Å². The van der Waals surface area contributed by atoms with Crippen LogP contribution in [0.1, 0.15) is 24.8 Å². The van der Waals surface area contributed by atoms with Crippen molar-refractivity contribution >= 4 is 11.9 Å². The Kier molecular flexibility index (Phi) is 4.85. The quantitative estimate of drug-likeness (QED) is 0.770. The zero-order valence-electron chi connectivity index (χ0n) is 12.9. The van der Waals surface area contributed by atoms with Gasteiger partial charge in [0.25, 0.3) is 0 Å². The molecule has 3 N–H and O–H groups in total. The summed E-state index contributed by atoms with van der Waals surface area (Å²) in [4.78, 5) is 23.7. The molecule has 0 spiro atoms. The zero-order chi connectivity index (χ0) is 16.1. The molecule has 23 heavy (non-hydrogen) atoms. The maximum absolute atomic E-state index is 11.9. The first-order valence-corrected chi connectivity index (χ1v) is 7.93. The summed E-state index contributed by atoms with van der Waals surface area (Å²) >= 11 is 0. The number of carbonyl (C=O) groups excluding carboxylic acids is 2. The van der Waals surface area contributed by atoms with Gasteiger partial charge in [0.05, 0.1) is 0 Å². The molecule has 7 heteroatoms. The average Bonchev–Trinajstić information content (AvgIpc) is 2.92. The van der Waals surface area contributed by atoms with Gasteiger partial charge in [-0.3, -0.25) is 4.79 Å². The Bertz CT molecular complexity index is 591. The number of fused-ring (bicyclic) bond motifs is 1. The minimum atomic E-state index is -0.442. The van der Waals surface area contributed by atoms with E-state index in [9.17, 15) is 9.59 Å². The monoisotopic (exact) mass is 319 g/mol. The van der Waals surface area contributed by atoms with Gasteiger partial charge in [0.1, 0.15) is 6.04 Å². The van der Waals surface area contributed by atoms with Crippen LogP contribution < -0.4 is 25.4 Å². The number of rotatable bonds is 4. The summed E-state index contributed by atoms with van der Waals surface area (Å²) in [6.45, 7) is 1.42. The molecule has 1 fully saturated rings. The molecule has 0 bridgehead atoms. The first kappa shape index (κ1) is 15.5. The third kappa shape index (κ3) is 4.06. The minimum Gasteiger partial charge on any atom is -0.454 e. The lowest BCUT2D eigenvalue weighted by Gasteiger charge is -2.15. The van der Waals surface area contributed by atoms with Gasteiger partial charge in [-0.2, -0.15) is 0 Å². The fourth-order valence-electron chi connectivity index (χ4n) is 2.70. The summed E-state index contributed by atoms with van der Waals surface area (Å²) in [7, 11) is 0. The van der Waals surface area contributed by atoms with Crippen LogP contribution in [-0.2, 0) is 11.2 Å². The number of benzene rings is 1. The maximum Gasteiger partial charge on any atom is 0.315 e. The molecule has 2 aliphatic rings. The highest BCUT2D eigenvalue weighted by atomic mass is 16.7. The van der Waals surface area contributed by atoms with Crippen LogP contribution in [0, 0.1) is 0 Å². The van der Waals surface area contributed by atoms with Crippen molar-refractivity contribution in [3.8, 4) is 11.5 Å². The van der Waals surface area contributed by atoms with E-state index in [1.165, 1.54) is 0 Å². The van der Waals surface area contributed by atoms with Crippen LogP contribution in [0.2, 0.25) is 0 Å². The van der Waals surface area contributed by atoms with E-state index in [4.69, 9.17) is 9.47 Å². The maximum atomic E-state index is 11.9. The first-order valence-electron chi connectivity index (χ1n) is 7.93. The zero-order valence-corrected chi connectivity index (χ0v) is 12.9. The molecule has 2 heterocycles. The van der Waals surface area contributed by atoms with Crippen molar-refractivity contribution in [3.05, 3.63) is 23.8 Å². The van der Waals surface area contributed by atoms with Crippen molar-refractivity contribution in [1.29, 1.82) is 0 Å². The summed E-state index contributed by atoms with van der Waals surface area (Å²) < 4.78 is 10.6. The van der Waals surface area contributed by atoms with Crippen molar-refractivity contribution in [3.63, 3.8) is 0 Å². The third-order valence-electron chi connectivity index (χ3n) is 3.98. The summed E-state index contributed by atoms with van der Waals surface area (Å²) in [6, 6.07) is 4.98. The molecular weight excluding hydrogens is 298 g/mol. The van der Waals surface area contributed by atoms with Gasteiger partial charge in [-0.25, -0.2) is 4.79 Å². The lowest BCUT2D eigenvalue weighted by molar-refractivity contribution is -0.122. The lowest BCUT2D eigenvalue weighted by atomic mass is 10.1. The van der Waals surface area contributed by atoms with Gasteiger partial charge in [-0.15, -0.1) is 0 Å². The smallest absolute Gasteiger partial charge is 0.315 e. The van der Waals surface area contributed by atoms with Crippen LogP contribution in [0.25, 0.3) is 0 Å². The standard InChI is InChI=1S/C16H21N3O4/c20-15-12(3-1-2-7-17-15)19-16(21)18-8-6-11-4-5-13-14(9-11)23-10-22-13/h4-5,9,12H,1-3,6-8,10H2,(H,17,20)(H2,18,19,21)/t12-/m1/s1. The van der Waals surface area contributed by atoms with Gasteiger partial charge in [-0.1, -0.05) is 6.07 Å². The second kappa shape index (κ2) is 7.21. The van der Waals surface area contributed by atoms with Crippen LogP contribution in [0.4, 0.5) is 4.79 Å². The van der Waals surface area contributed by atoms with Crippen molar-refractivity contribution < 1.29 is 19.1 Å². The number of carbonyl (C=O) groups is 2. The number of hydrogen-bond acceptors (Lipinski definition) is 4. The number of nitrogens with one attached hydrogen (secondary N) is 3. The largest absolute Gasteiger partial charge is 0.454 e. The highest BCUT2D eigenvalue weighted by Gasteiger charge is 2.22. The fourth-order valence-corrected chi connectivity index (χ4v) is 2.70. The Morgan fingerprint density at radius 2 is 2.13 bits per heavy atom. The molecule has 124 valence electrons. The first-order chi connectivity index (χ1) is 11.2. The molecule has 0 unspecified atom stereocenters. The van der Waals surface area contributed by atoms with E-state index in [0.29, 0.717) is 25.9 Å². The van der Waals surface area contributed by atoms with Crippen molar-refractivity contribution in [2.45, 2.75) is 31.7 Å². The Balaban J connectivity index is 1.43. The molecule has 1 saturated heterocycles. The molecule has 0 aromatic heterocycles. The molecular formula is C16H21N3O4. The van der Waals surface area contributed by atoms with E-state index in [0.717, 1.165) is 29.9 Å². The minimum absolute atomic E-state index is 0.103. The Morgan fingerprint density at radius 3 is 3.04 bits per heavy atom. The number of hydrogen-bond donors (Lipinski definition) is 3. The predicted octanol–water partition coefficient (Wildman–Crippen LogP) is 0.926. The summed E-state index contributed by atoms with van der Waals surface area (Å²) in [5.41, 5.74) is 1.06. The van der Waals surface area contributed by atoms with Gasteiger partial charge >= 0.3 is 6.03 Å². The Labute approximate surface area is 134 Å². The van der Waals surface area contributed by atoms with E-state index in [2.05, 4.69) is 16.0 Å². The molecule has 1 aromatic carbocycles. The van der Waals surface area contributed by atoms with Gasteiger partial charge < -0.3 is 25.4 Å². The summed E-state index contributed by atoms with van der Waals surface area (Å²) in [5.74, 6) is 1.38. The molecule has 2 aliphatic heterocycles. The SMILES string of the molecule is O=C(NCCc1ccc2c(c1)OCO2)N[C@@H]1CCCCNC1=O. The van der Waals surface area contributed by atoms with Crippen LogP contribution in [0.3, 0.4) is 0 Å². The highest BCUT2D eigenvalue weighted by molar-refractivity contribution is 5.87. The van der Waals surface area contributed by atoms with Crippen LogP contribution >= 0.6 is 0 Å². The van der Waals surface area contributed by atoms with Crippen LogP contribution in [-0.4, -0.2) is 37.9 Å². The molecule has 1 aromatic rings. The van der Waals surface area contributed by atoms with Gasteiger partial charge in [-0.05, 0) is 43.4 Å². The number of ether oxygens (including phenoxy) is 2. The lowest BCUT2D eigenvalue weighted by Crippen LogP contribution is -2.49. The summed E-state index contributed by atoms with van der Waals surface area (Å²) in [6.07, 6.45) is 3.25. The van der Waals surface area contributed by atoms with E-state index < -0.39 is 6.04 Å². The summed E-state index contributed by atoms with van der Waals surface area (Å²) in [5, 5.41) is 8.31. The fraction of sp³-hybridized carbons (Fsp3) is 0.500. The second-order valence-electron chi connectivity index (χ2n) is 5.68. The average molecular weight is 319 g/mol. The van der Waals surface area contributed by atoms with E-state index >= 15 is 0 Å². The normalized spacial score (nSPS) is 19.7. The molecule has 1 atom stereocenters. The Morgan fingerprint density at radius 1 is 1.26 bits per heavy atom. The van der Waals surface area contributed by atoms with Crippen LogP contribution in [0.15, 0.2) is 18.2 Å². The highest BCUT2D eigenvalue weighted by Crippen LogP contribution is 2.32. The van der Waals surface area contributed by atoms with Gasteiger partial charge in [0.2, 0.25) is 12.7 Å². The third-order valence-corrected chi connectivity index (χ3v) is 3.98. The van der Waals surface area contributed by atoms with Crippen molar-refractivity contribution in [1.82, 2.24) is 16.0 Å². The van der Waals surface area contributed by atoms with Crippen LogP contribution in [0.5, 0.6) is 11.5 Å². The predicted molar refractivity (Wildman–Crippen MR) is 83.5 cm³/mol. The molecule has 0 saturated carbocycles. The molecule has 7 nitrogen and oxygen atoms in total. The molecule has 3 rings (SSSR count). The van der Waals surface area contributed by atoms with Crippen molar-refractivity contribution in [2.75, 3.05) is 19.9 Å². The Hall–Kier alpha value is -2.44. The number of amides is 3. The molecule has 3 amide bonds. The molecule has 0 aliphatic carbocycles. The topological polar surface area (TPSA) is 88.7 Å². The van der Waals surface area contributed by atoms with Crippen molar-refractivity contribution in [2.24, 2.45) is 0 Å². The van der Waals surface area contributed by atoms with Gasteiger partial charge in [0.15, 0.2) is 11.5 Å². The molecule has 0 radical (unpaired) electrons. The van der Waals surface area contributed by atoms with E-state index in [-0.39, 0.29) is 18.7 Å². The van der Waals surface area contributed by atoms with E-state index in [1.807, 2.05) is 18.2 Å². The van der Waals surface area contributed by atoms with E-state index in [1.54, 1.807) is 0 Å². The second-order valence-corrected chi connectivity index (χ2v) is 5.68.